The van der Waals surface area contributed by atoms with Crippen molar-refractivity contribution in [1.82, 2.24) is 5.43 Å². The van der Waals surface area contributed by atoms with Crippen LogP contribution < -0.4 is 10.9 Å². The van der Waals surface area contributed by atoms with Gasteiger partial charge < -0.3 is 4.42 Å². The number of hydrogen-bond donors (Lipinski definition) is 2. The van der Waals surface area contributed by atoms with E-state index in [1.807, 2.05) is 0 Å². The number of amides is 1. The summed E-state index contributed by atoms with van der Waals surface area (Å²) in [4.78, 5) is 22.1. The molecule has 0 aliphatic heterocycles. The fraction of sp³-hybridized carbons (Fsp3) is 0.0625. The summed E-state index contributed by atoms with van der Waals surface area (Å²) in [6, 6.07) is 10.2. The average molecular weight is 365 g/mol. The Morgan fingerprint density at radius 1 is 1.12 bits per heavy atom. The molecule has 3 rings (SSSR count). The summed E-state index contributed by atoms with van der Waals surface area (Å²) >= 11 is 0. The first-order valence-electron chi connectivity index (χ1n) is 7.16. The van der Waals surface area contributed by atoms with Crippen LogP contribution in [0.25, 0.3) is 11.0 Å². The number of halogens is 3. The number of nitrogens with zero attached hydrogens (tertiary/aromatic N) is 1. The molecule has 0 aliphatic carbocycles. The van der Waals surface area contributed by atoms with Crippen LogP contribution in [0.2, 0.25) is 0 Å². The summed E-state index contributed by atoms with van der Waals surface area (Å²) in [7, 11) is 0. The van der Waals surface area contributed by atoms with Gasteiger partial charge in [0, 0.05) is 11.5 Å². The van der Waals surface area contributed by atoms with Gasteiger partial charge in [-0.05, 0) is 24.3 Å². The van der Waals surface area contributed by atoms with Gasteiger partial charge in [0.1, 0.15) is 11.3 Å². The third-order valence-corrected chi connectivity index (χ3v) is 3.48. The highest BCUT2D eigenvalue weighted by Crippen LogP contribution is 2.34. The maximum Gasteiger partial charge on any atom is 0.416 e. The lowest BCUT2D eigenvalue weighted by Crippen LogP contribution is -2.29. The van der Waals surface area contributed by atoms with Crippen molar-refractivity contribution in [2.75, 3.05) is 5.43 Å². The Morgan fingerprint density at radius 2 is 1.85 bits per heavy atom. The zero-order valence-electron chi connectivity index (χ0n) is 12.8. The molecule has 0 radical (unpaired) electrons. The minimum atomic E-state index is -4.72. The number of anilines is 1. The fourth-order valence-corrected chi connectivity index (χ4v) is 2.24. The Bertz CT molecular complexity index is 965. The number of para-hydroxylation sites is 1. The highest BCUT2D eigenvalue weighted by atomic mass is 19.4. The molecule has 0 saturated heterocycles. The summed E-state index contributed by atoms with van der Waals surface area (Å²) in [5.74, 6) is -0.802. The number of hydrazine groups is 1. The van der Waals surface area contributed by atoms with Crippen molar-refractivity contribution in [3.8, 4) is 0 Å². The van der Waals surface area contributed by atoms with Crippen LogP contribution in [0.5, 0.6) is 0 Å². The Balaban J connectivity index is 1.80. The zero-order chi connectivity index (χ0) is 18.9. The van der Waals surface area contributed by atoms with Crippen molar-refractivity contribution in [2.45, 2.75) is 6.18 Å². The third-order valence-electron chi connectivity index (χ3n) is 3.48. The second-order valence-corrected chi connectivity index (χ2v) is 5.21. The minimum absolute atomic E-state index is 0.0618. The zero-order valence-corrected chi connectivity index (χ0v) is 12.8. The van der Waals surface area contributed by atoms with Crippen molar-refractivity contribution in [3.05, 3.63) is 70.0 Å². The molecule has 134 valence electrons. The molecule has 1 heterocycles. The predicted molar refractivity (Wildman–Crippen MR) is 85.4 cm³/mol. The van der Waals surface area contributed by atoms with Crippen molar-refractivity contribution in [2.24, 2.45) is 0 Å². The normalized spacial score (nSPS) is 11.3. The Hall–Kier alpha value is -3.56. The first-order valence-corrected chi connectivity index (χ1v) is 7.16. The van der Waals surface area contributed by atoms with E-state index in [9.17, 15) is 28.1 Å². The van der Waals surface area contributed by atoms with Crippen molar-refractivity contribution < 1.29 is 27.3 Å². The van der Waals surface area contributed by atoms with E-state index in [2.05, 4.69) is 10.9 Å². The van der Waals surface area contributed by atoms with E-state index in [1.165, 1.54) is 6.07 Å². The van der Waals surface area contributed by atoms with E-state index in [-0.39, 0.29) is 11.4 Å². The lowest BCUT2D eigenvalue weighted by Gasteiger charge is -2.10. The number of nitro benzene ring substituents is 1. The van der Waals surface area contributed by atoms with E-state index in [0.717, 1.165) is 6.07 Å². The van der Waals surface area contributed by atoms with Crippen LogP contribution in [0.4, 0.5) is 24.5 Å². The lowest BCUT2D eigenvalue weighted by atomic mass is 10.1. The number of fused-ring (bicyclic) bond motifs is 1. The molecule has 0 atom stereocenters. The van der Waals surface area contributed by atoms with Crippen LogP contribution >= 0.6 is 0 Å². The minimum Gasteiger partial charge on any atom is -0.451 e. The largest absolute Gasteiger partial charge is 0.451 e. The average Bonchev–Trinajstić information content (AvgIpc) is 3.02. The Labute approximate surface area is 143 Å². The van der Waals surface area contributed by atoms with Gasteiger partial charge in [0.05, 0.1) is 10.5 Å². The van der Waals surface area contributed by atoms with E-state index < -0.39 is 28.3 Å². The summed E-state index contributed by atoms with van der Waals surface area (Å²) in [6.45, 7) is 0. The Morgan fingerprint density at radius 3 is 2.50 bits per heavy atom. The number of furan rings is 1. The number of carbonyl (C=O) groups excluding carboxylic acids is 1. The lowest BCUT2D eigenvalue weighted by molar-refractivity contribution is -0.384. The molecular formula is C16H10F3N3O4. The summed E-state index contributed by atoms with van der Waals surface area (Å²) < 4.78 is 43.3. The second-order valence-electron chi connectivity index (χ2n) is 5.21. The van der Waals surface area contributed by atoms with Crippen molar-refractivity contribution in [1.29, 1.82) is 0 Å². The van der Waals surface area contributed by atoms with Gasteiger partial charge in [0.2, 0.25) is 0 Å². The number of alkyl halides is 3. The van der Waals surface area contributed by atoms with Crippen molar-refractivity contribution >= 4 is 28.3 Å². The SMILES string of the molecule is O=C(NNc1ccc(C(F)(F)F)cc1[N+](=O)[O-])c1cc2ccccc2o1. The van der Waals surface area contributed by atoms with E-state index in [4.69, 9.17) is 4.42 Å². The molecule has 0 unspecified atom stereocenters. The molecule has 10 heteroatoms. The number of carbonyl (C=O) groups is 1. The Kier molecular flexibility index (Phi) is 4.24. The molecule has 0 fully saturated rings. The number of nitrogens with one attached hydrogen (secondary N) is 2. The molecule has 1 aromatic heterocycles. The van der Waals surface area contributed by atoms with Gasteiger partial charge in [0.15, 0.2) is 5.76 Å². The number of nitro groups is 1. The molecular weight excluding hydrogens is 355 g/mol. The molecule has 26 heavy (non-hydrogen) atoms. The molecule has 0 spiro atoms. The maximum absolute atomic E-state index is 12.7. The van der Waals surface area contributed by atoms with Crippen LogP contribution in [0.1, 0.15) is 16.1 Å². The highest BCUT2D eigenvalue weighted by Gasteiger charge is 2.33. The van der Waals surface area contributed by atoms with Crippen LogP contribution in [0.3, 0.4) is 0 Å². The van der Waals surface area contributed by atoms with Gasteiger partial charge in [-0.1, -0.05) is 18.2 Å². The first-order chi connectivity index (χ1) is 12.3. The van der Waals surface area contributed by atoms with Crippen LogP contribution in [-0.2, 0) is 6.18 Å². The van der Waals surface area contributed by atoms with Crippen LogP contribution in [-0.4, -0.2) is 10.8 Å². The molecule has 0 aliphatic rings. The van der Waals surface area contributed by atoms with Gasteiger partial charge in [-0.2, -0.15) is 13.2 Å². The van der Waals surface area contributed by atoms with Crippen LogP contribution in [0.15, 0.2) is 52.9 Å². The summed E-state index contributed by atoms with van der Waals surface area (Å²) in [5.41, 5.74) is 2.58. The molecule has 2 aromatic carbocycles. The molecule has 3 aromatic rings. The number of rotatable bonds is 4. The topological polar surface area (TPSA) is 97.4 Å². The first kappa shape index (κ1) is 17.3. The number of benzene rings is 2. The summed E-state index contributed by atoms with van der Waals surface area (Å²) in [5, 5.41) is 11.7. The van der Waals surface area contributed by atoms with Gasteiger partial charge >= 0.3 is 12.1 Å². The van der Waals surface area contributed by atoms with Gasteiger partial charge in [-0.25, -0.2) is 0 Å². The van der Waals surface area contributed by atoms with Crippen molar-refractivity contribution in [3.63, 3.8) is 0 Å². The van der Waals surface area contributed by atoms with Crippen LogP contribution in [0, 0.1) is 10.1 Å². The molecule has 2 N–H and O–H groups in total. The quantitative estimate of drug-likeness (QED) is 0.535. The maximum atomic E-state index is 12.7. The molecule has 1 amide bonds. The highest BCUT2D eigenvalue weighted by molar-refractivity contribution is 5.96. The predicted octanol–water partition coefficient (Wildman–Crippen LogP) is 4.12. The van der Waals surface area contributed by atoms with Gasteiger partial charge in [-0.3, -0.25) is 25.8 Å². The molecule has 0 bridgehead atoms. The standard InChI is InChI=1S/C16H10F3N3O4/c17-16(18,19)10-5-6-11(12(8-10)22(24)25)20-21-15(23)14-7-9-3-1-2-4-13(9)26-14/h1-8,20H,(H,21,23). The van der Waals surface area contributed by atoms with Gasteiger partial charge in [-0.15, -0.1) is 0 Å². The summed E-state index contributed by atoms with van der Waals surface area (Å²) in [6.07, 6.45) is -4.72. The van der Waals surface area contributed by atoms with E-state index in [0.29, 0.717) is 23.1 Å². The van der Waals surface area contributed by atoms with Gasteiger partial charge in [0.25, 0.3) is 5.69 Å². The molecule has 0 saturated carbocycles. The second kappa shape index (κ2) is 6.39. The number of hydrogen-bond acceptors (Lipinski definition) is 5. The third kappa shape index (κ3) is 3.43. The molecule has 7 nitrogen and oxygen atoms in total. The van der Waals surface area contributed by atoms with E-state index >= 15 is 0 Å². The monoisotopic (exact) mass is 365 g/mol. The fourth-order valence-electron chi connectivity index (χ4n) is 2.24. The smallest absolute Gasteiger partial charge is 0.416 e. The van der Waals surface area contributed by atoms with E-state index in [1.54, 1.807) is 24.3 Å².